The molecule has 9 nitrogen and oxygen atoms in total. The summed E-state index contributed by atoms with van der Waals surface area (Å²) in [5, 5.41) is 11.9. The molecule has 1 N–H and O–H groups in total. The molecule has 0 radical (unpaired) electrons. The second-order valence-electron chi connectivity index (χ2n) is 12.2. The number of pyridine rings is 1. The summed E-state index contributed by atoms with van der Waals surface area (Å²) in [6.45, 7) is 4.75. The van der Waals surface area contributed by atoms with Crippen molar-refractivity contribution in [2.45, 2.75) is 50.4 Å². The molecular weight excluding hydrogens is 575 g/mol. The van der Waals surface area contributed by atoms with Crippen LogP contribution in [0.4, 0.5) is 19.0 Å². The lowest BCUT2D eigenvalue weighted by atomic mass is 9.94. The number of hydrogen-bond donors (Lipinski definition) is 1. The molecule has 0 spiro atoms. The largest absolute Gasteiger partial charge is 0.508 e. The van der Waals surface area contributed by atoms with Gasteiger partial charge in [-0.2, -0.15) is 9.97 Å². The van der Waals surface area contributed by atoms with Crippen molar-refractivity contribution in [3.05, 3.63) is 41.5 Å². The molecule has 8 rings (SSSR count). The van der Waals surface area contributed by atoms with Crippen LogP contribution in [-0.4, -0.2) is 88.8 Å². The summed E-state index contributed by atoms with van der Waals surface area (Å²) in [6, 6.07) is 5.57. The summed E-state index contributed by atoms with van der Waals surface area (Å²) in [5.74, 6) is -0.743. The van der Waals surface area contributed by atoms with Gasteiger partial charge in [0.05, 0.1) is 24.8 Å². The minimum atomic E-state index is -0.920. The van der Waals surface area contributed by atoms with Gasteiger partial charge < -0.3 is 24.2 Å². The van der Waals surface area contributed by atoms with E-state index in [0.29, 0.717) is 66.7 Å². The average molecular weight is 608 g/mol. The Morgan fingerprint density at radius 1 is 1.11 bits per heavy atom. The third kappa shape index (κ3) is 4.25. The zero-order chi connectivity index (χ0) is 30.2. The van der Waals surface area contributed by atoms with Gasteiger partial charge in [0.2, 0.25) is 5.88 Å². The van der Waals surface area contributed by atoms with Crippen LogP contribution >= 0.6 is 0 Å². The van der Waals surface area contributed by atoms with E-state index in [-0.39, 0.29) is 53.7 Å². The standard InChI is InChI=1S/C32H32F3N5O4/c1-2-21-23(34)5-4-17-10-20(41)11-22(24(17)21)27-26(35)28-25-29(40-8-9-42-14-19(40)15-43-30(25)36-27)38-31(37-28)44-16-32-6-3-7-39(32)13-18(33)12-32/h4-5,10-11,18-19,41H,2-3,6-9,12-16H2,1H3/t18-,19+,32+/m1/s1. The highest BCUT2D eigenvalue weighted by Gasteiger charge is 2.49. The Morgan fingerprint density at radius 3 is 2.86 bits per heavy atom. The number of anilines is 1. The van der Waals surface area contributed by atoms with Crippen molar-refractivity contribution in [2.75, 3.05) is 51.0 Å². The lowest BCUT2D eigenvalue weighted by Gasteiger charge is -2.35. The number of rotatable bonds is 5. The molecule has 2 aromatic heterocycles. The molecule has 0 bridgehead atoms. The van der Waals surface area contributed by atoms with Gasteiger partial charge in [0.25, 0.3) is 0 Å². The number of aryl methyl sites for hydroxylation is 1. The Morgan fingerprint density at radius 2 is 2.00 bits per heavy atom. The number of benzene rings is 2. The summed E-state index contributed by atoms with van der Waals surface area (Å²) in [5.41, 5.74) is -0.0138. The summed E-state index contributed by atoms with van der Waals surface area (Å²) >= 11 is 0. The molecule has 44 heavy (non-hydrogen) atoms. The maximum atomic E-state index is 16.9. The number of ether oxygens (including phenoxy) is 3. The highest BCUT2D eigenvalue weighted by atomic mass is 19.1. The molecule has 3 fully saturated rings. The molecule has 0 aliphatic carbocycles. The molecular formula is C32H32F3N5O4. The number of morpholine rings is 1. The van der Waals surface area contributed by atoms with E-state index in [2.05, 4.69) is 14.9 Å². The van der Waals surface area contributed by atoms with E-state index in [1.807, 2.05) is 11.8 Å². The lowest BCUT2D eigenvalue weighted by molar-refractivity contribution is 0.0774. The monoisotopic (exact) mass is 607 g/mol. The molecule has 4 aromatic rings. The van der Waals surface area contributed by atoms with Gasteiger partial charge >= 0.3 is 6.01 Å². The fraction of sp³-hybridized carbons (Fsp3) is 0.469. The van der Waals surface area contributed by atoms with Gasteiger partial charge in [0.1, 0.15) is 53.4 Å². The Kier molecular flexibility index (Phi) is 6.49. The van der Waals surface area contributed by atoms with E-state index in [9.17, 15) is 9.50 Å². The number of hydrogen-bond acceptors (Lipinski definition) is 9. The number of halogens is 3. The fourth-order valence-corrected chi connectivity index (χ4v) is 7.59. The van der Waals surface area contributed by atoms with E-state index in [1.54, 1.807) is 6.07 Å². The molecule has 230 valence electrons. The third-order valence-corrected chi connectivity index (χ3v) is 9.62. The normalized spacial score (nSPS) is 24.8. The van der Waals surface area contributed by atoms with Gasteiger partial charge in [0, 0.05) is 25.1 Å². The summed E-state index contributed by atoms with van der Waals surface area (Å²) < 4.78 is 64.4. The molecule has 4 aliphatic rings. The zero-order valence-corrected chi connectivity index (χ0v) is 24.3. The molecule has 2 aromatic carbocycles. The Hall–Kier alpha value is -3.90. The van der Waals surface area contributed by atoms with Crippen LogP contribution in [0, 0.1) is 11.6 Å². The van der Waals surface area contributed by atoms with Crippen molar-refractivity contribution >= 4 is 27.5 Å². The topological polar surface area (TPSA) is 93.1 Å². The highest BCUT2D eigenvalue weighted by molar-refractivity contribution is 6.03. The van der Waals surface area contributed by atoms with Gasteiger partial charge in [-0.3, -0.25) is 4.90 Å². The smallest absolute Gasteiger partial charge is 0.319 e. The Bertz CT molecular complexity index is 1810. The van der Waals surface area contributed by atoms with Crippen LogP contribution in [0.1, 0.15) is 31.7 Å². The Balaban J connectivity index is 1.33. The minimum Gasteiger partial charge on any atom is -0.508 e. The van der Waals surface area contributed by atoms with Crippen molar-refractivity contribution in [3.8, 4) is 28.9 Å². The van der Waals surface area contributed by atoms with E-state index in [0.717, 1.165) is 19.4 Å². The molecule has 0 amide bonds. The van der Waals surface area contributed by atoms with Crippen molar-refractivity contribution < 1.29 is 32.5 Å². The number of alkyl halides is 1. The fourth-order valence-electron chi connectivity index (χ4n) is 7.59. The second kappa shape index (κ2) is 10.3. The number of aromatic nitrogens is 3. The summed E-state index contributed by atoms with van der Waals surface area (Å²) in [6.07, 6.45) is 1.56. The van der Waals surface area contributed by atoms with Crippen LogP contribution in [0.5, 0.6) is 17.6 Å². The van der Waals surface area contributed by atoms with Crippen LogP contribution in [0.15, 0.2) is 24.3 Å². The van der Waals surface area contributed by atoms with E-state index < -0.39 is 23.3 Å². The predicted molar refractivity (Wildman–Crippen MR) is 157 cm³/mol. The van der Waals surface area contributed by atoms with Crippen molar-refractivity contribution in [1.29, 1.82) is 0 Å². The van der Waals surface area contributed by atoms with Crippen LogP contribution in [0.3, 0.4) is 0 Å². The average Bonchev–Trinajstić information content (AvgIpc) is 3.49. The minimum absolute atomic E-state index is 0.0220. The number of phenolic OH excluding ortho intramolecular Hbond substituents is 1. The first-order chi connectivity index (χ1) is 21.3. The van der Waals surface area contributed by atoms with Gasteiger partial charge in [-0.1, -0.05) is 13.0 Å². The maximum absolute atomic E-state index is 16.9. The van der Waals surface area contributed by atoms with E-state index in [1.165, 1.54) is 18.2 Å². The van der Waals surface area contributed by atoms with E-state index in [4.69, 9.17) is 19.2 Å². The SMILES string of the molecule is CCc1c(F)ccc2cc(O)cc(-c3nc4c5c(nc(OC[C@@]67CCCN6C[C@H](F)C7)nc5c3F)N3CCOC[C@H]3CO4)c12. The van der Waals surface area contributed by atoms with E-state index >= 15 is 8.78 Å². The molecule has 0 saturated carbocycles. The van der Waals surface area contributed by atoms with Crippen LogP contribution in [-0.2, 0) is 11.2 Å². The second-order valence-corrected chi connectivity index (χ2v) is 12.2. The third-order valence-electron chi connectivity index (χ3n) is 9.62. The zero-order valence-electron chi connectivity index (χ0n) is 24.3. The molecule has 12 heteroatoms. The predicted octanol–water partition coefficient (Wildman–Crippen LogP) is 4.94. The molecule has 0 unspecified atom stereocenters. The molecule has 3 saturated heterocycles. The summed E-state index contributed by atoms with van der Waals surface area (Å²) in [7, 11) is 0. The van der Waals surface area contributed by atoms with Crippen LogP contribution in [0.25, 0.3) is 32.9 Å². The molecule has 4 aliphatic heterocycles. The lowest BCUT2D eigenvalue weighted by Crippen LogP contribution is -2.48. The number of aromatic hydroxyl groups is 1. The molecule has 6 heterocycles. The van der Waals surface area contributed by atoms with Crippen molar-refractivity contribution in [1.82, 2.24) is 19.9 Å². The van der Waals surface area contributed by atoms with Crippen molar-refractivity contribution in [2.24, 2.45) is 0 Å². The van der Waals surface area contributed by atoms with Crippen LogP contribution in [0.2, 0.25) is 0 Å². The first kappa shape index (κ1) is 27.6. The number of nitrogens with zero attached hydrogens (tertiary/aromatic N) is 5. The summed E-state index contributed by atoms with van der Waals surface area (Å²) in [4.78, 5) is 18.1. The quantitative estimate of drug-likeness (QED) is 0.339. The first-order valence-electron chi connectivity index (χ1n) is 15.2. The number of fused-ring (bicyclic) bond motifs is 4. The van der Waals surface area contributed by atoms with Crippen molar-refractivity contribution in [3.63, 3.8) is 0 Å². The van der Waals surface area contributed by atoms with Gasteiger partial charge in [-0.25, -0.2) is 18.2 Å². The number of phenols is 1. The first-order valence-corrected chi connectivity index (χ1v) is 15.2. The Labute approximate surface area is 251 Å². The van der Waals surface area contributed by atoms with Gasteiger partial charge in [-0.05, 0) is 60.3 Å². The molecule has 3 atom stereocenters. The van der Waals surface area contributed by atoms with Crippen LogP contribution < -0.4 is 14.4 Å². The maximum Gasteiger partial charge on any atom is 0.319 e. The van der Waals surface area contributed by atoms with Gasteiger partial charge in [-0.15, -0.1) is 0 Å². The highest BCUT2D eigenvalue weighted by Crippen LogP contribution is 2.44. The van der Waals surface area contributed by atoms with Gasteiger partial charge in [0.15, 0.2) is 5.82 Å².